The SMILES string of the molecule is Cc1ccccc1-c1nc(CN2CCCC2)no1. The second kappa shape index (κ2) is 4.90. The highest BCUT2D eigenvalue weighted by Gasteiger charge is 2.16. The summed E-state index contributed by atoms with van der Waals surface area (Å²) in [6.07, 6.45) is 2.56. The highest BCUT2D eigenvalue weighted by atomic mass is 16.5. The fraction of sp³-hybridized carbons (Fsp3) is 0.429. The van der Waals surface area contributed by atoms with Crippen LogP contribution >= 0.6 is 0 Å². The Hall–Kier alpha value is -1.68. The van der Waals surface area contributed by atoms with Gasteiger partial charge in [0.15, 0.2) is 5.82 Å². The van der Waals surface area contributed by atoms with Crippen LogP contribution in [-0.2, 0) is 6.54 Å². The lowest BCUT2D eigenvalue weighted by atomic mass is 10.1. The van der Waals surface area contributed by atoms with Crippen LogP contribution in [0.5, 0.6) is 0 Å². The first-order chi connectivity index (χ1) is 8.83. The van der Waals surface area contributed by atoms with Crippen molar-refractivity contribution in [3.8, 4) is 11.5 Å². The first kappa shape index (κ1) is 11.4. The molecule has 0 radical (unpaired) electrons. The maximum absolute atomic E-state index is 5.35. The molecule has 0 bridgehead atoms. The summed E-state index contributed by atoms with van der Waals surface area (Å²) in [6, 6.07) is 8.08. The topological polar surface area (TPSA) is 42.2 Å². The van der Waals surface area contributed by atoms with E-state index in [-0.39, 0.29) is 0 Å². The molecule has 0 atom stereocenters. The zero-order chi connectivity index (χ0) is 12.4. The summed E-state index contributed by atoms with van der Waals surface area (Å²) in [4.78, 5) is 6.85. The fourth-order valence-electron chi connectivity index (χ4n) is 2.38. The van der Waals surface area contributed by atoms with E-state index in [1.807, 2.05) is 18.2 Å². The van der Waals surface area contributed by atoms with Crippen molar-refractivity contribution in [2.24, 2.45) is 0 Å². The number of likely N-dealkylation sites (tertiary alicyclic amines) is 1. The number of benzene rings is 1. The van der Waals surface area contributed by atoms with Gasteiger partial charge in [0.25, 0.3) is 5.89 Å². The van der Waals surface area contributed by atoms with Crippen molar-refractivity contribution in [1.29, 1.82) is 0 Å². The Morgan fingerprint density at radius 2 is 2.00 bits per heavy atom. The van der Waals surface area contributed by atoms with Gasteiger partial charge in [-0.05, 0) is 44.5 Å². The van der Waals surface area contributed by atoms with Crippen molar-refractivity contribution in [1.82, 2.24) is 15.0 Å². The Balaban J connectivity index is 1.79. The summed E-state index contributed by atoms with van der Waals surface area (Å²) >= 11 is 0. The summed E-state index contributed by atoms with van der Waals surface area (Å²) in [5, 5.41) is 4.07. The van der Waals surface area contributed by atoms with Crippen molar-refractivity contribution in [2.45, 2.75) is 26.3 Å². The van der Waals surface area contributed by atoms with Crippen molar-refractivity contribution < 1.29 is 4.52 Å². The van der Waals surface area contributed by atoms with E-state index in [1.165, 1.54) is 12.8 Å². The van der Waals surface area contributed by atoms with Gasteiger partial charge in [-0.25, -0.2) is 0 Å². The van der Waals surface area contributed by atoms with Crippen molar-refractivity contribution in [2.75, 3.05) is 13.1 Å². The van der Waals surface area contributed by atoms with Crippen LogP contribution in [-0.4, -0.2) is 28.1 Å². The van der Waals surface area contributed by atoms with Crippen LogP contribution in [0, 0.1) is 6.92 Å². The van der Waals surface area contributed by atoms with E-state index < -0.39 is 0 Å². The number of hydrogen-bond donors (Lipinski definition) is 0. The molecule has 0 aliphatic carbocycles. The zero-order valence-corrected chi connectivity index (χ0v) is 10.6. The highest BCUT2D eigenvalue weighted by Crippen LogP contribution is 2.21. The van der Waals surface area contributed by atoms with Crippen LogP contribution in [0.25, 0.3) is 11.5 Å². The molecule has 3 rings (SSSR count). The minimum absolute atomic E-state index is 0.627. The standard InChI is InChI=1S/C14H17N3O/c1-11-6-2-3-7-12(11)14-15-13(16-18-14)10-17-8-4-5-9-17/h2-3,6-7H,4-5,8-10H2,1H3. The molecule has 1 fully saturated rings. The number of hydrogen-bond acceptors (Lipinski definition) is 4. The molecule has 1 aromatic carbocycles. The van der Waals surface area contributed by atoms with Crippen LogP contribution < -0.4 is 0 Å². The average Bonchev–Trinajstić information content (AvgIpc) is 3.02. The first-order valence-corrected chi connectivity index (χ1v) is 6.44. The van der Waals surface area contributed by atoms with Gasteiger partial charge < -0.3 is 4.52 Å². The van der Waals surface area contributed by atoms with Crippen LogP contribution in [0.4, 0.5) is 0 Å². The number of aryl methyl sites for hydroxylation is 1. The van der Waals surface area contributed by atoms with Gasteiger partial charge in [-0.1, -0.05) is 23.4 Å². The molecule has 0 spiro atoms. The normalized spacial score (nSPS) is 16.3. The number of aromatic nitrogens is 2. The highest BCUT2D eigenvalue weighted by molar-refractivity contribution is 5.57. The lowest BCUT2D eigenvalue weighted by molar-refractivity contribution is 0.312. The first-order valence-electron chi connectivity index (χ1n) is 6.44. The molecule has 4 heteroatoms. The number of nitrogens with zero attached hydrogens (tertiary/aromatic N) is 3. The largest absolute Gasteiger partial charge is 0.334 e. The van der Waals surface area contributed by atoms with Crippen molar-refractivity contribution >= 4 is 0 Å². The van der Waals surface area contributed by atoms with Crippen LogP contribution in [0.1, 0.15) is 24.2 Å². The van der Waals surface area contributed by atoms with E-state index in [9.17, 15) is 0 Å². The number of rotatable bonds is 3. The lowest BCUT2D eigenvalue weighted by Gasteiger charge is -2.10. The predicted octanol–water partition coefficient (Wildman–Crippen LogP) is 2.64. The third kappa shape index (κ3) is 2.29. The fourth-order valence-corrected chi connectivity index (χ4v) is 2.38. The molecule has 0 unspecified atom stereocenters. The van der Waals surface area contributed by atoms with Gasteiger partial charge in [0, 0.05) is 5.56 Å². The van der Waals surface area contributed by atoms with Gasteiger partial charge in [-0.2, -0.15) is 4.98 Å². The molecular formula is C14H17N3O. The molecule has 2 aromatic rings. The van der Waals surface area contributed by atoms with Crippen LogP contribution in [0.2, 0.25) is 0 Å². The molecule has 4 nitrogen and oxygen atoms in total. The van der Waals surface area contributed by atoms with E-state index >= 15 is 0 Å². The molecule has 1 aliphatic heterocycles. The summed E-state index contributed by atoms with van der Waals surface area (Å²) in [6.45, 7) is 5.15. The second-order valence-corrected chi connectivity index (χ2v) is 4.81. The van der Waals surface area contributed by atoms with E-state index in [0.29, 0.717) is 5.89 Å². The molecule has 0 saturated carbocycles. The van der Waals surface area contributed by atoms with Crippen LogP contribution in [0.3, 0.4) is 0 Å². The molecule has 1 aromatic heterocycles. The molecule has 0 N–H and O–H groups in total. The summed E-state index contributed by atoms with van der Waals surface area (Å²) in [5.41, 5.74) is 2.19. The summed E-state index contributed by atoms with van der Waals surface area (Å²) in [7, 11) is 0. The molecule has 1 saturated heterocycles. The molecule has 1 aliphatic rings. The Kier molecular flexibility index (Phi) is 3.11. The minimum atomic E-state index is 0.627. The Morgan fingerprint density at radius 3 is 2.78 bits per heavy atom. The zero-order valence-electron chi connectivity index (χ0n) is 10.6. The molecule has 2 heterocycles. The van der Waals surface area contributed by atoms with E-state index in [1.54, 1.807) is 0 Å². The Bertz CT molecular complexity index is 529. The van der Waals surface area contributed by atoms with Gasteiger partial charge in [-0.15, -0.1) is 0 Å². The minimum Gasteiger partial charge on any atom is -0.334 e. The second-order valence-electron chi connectivity index (χ2n) is 4.81. The maximum atomic E-state index is 5.35. The molecule has 94 valence electrons. The van der Waals surface area contributed by atoms with Gasteiger partial charge in [0.1, 0.15) is 0 Å². The predicted molar refractivity (Wildman–Crippen MR) is 69.0 cm³/mol. The third-order valence-electron chi connectivity index (χ3n) is 3.41. The molecule has 18 heavy (non-hydrogen) atoms. The van der Waals surface area contributed by atoms with Crippen LogP contribution in [0.15, 0.2) is 28.8 Å². The van der Waals surface area contributed by atoms with E-state index in [0.717, 1.165) is 36.6 Å². The maximum Gasteiger partial charge on any atom is 0.258 e. The van der Waals surface area contributed by atoms with Gasteiger partial charge in [0.05, 0.1) is 6.54 Å². The lowest BCUT2D eigenvalue weighted by Crippen LogP contribution is -2.19. The molecular weight excluding hydrogens is 226 g/mol. The Labute approximate surface area is 107 Å². The van der Waals surface area contributed by atoms with Crippen molar-refractivity contribution in [3.05, 3.63) is 35.7 Å². The van der Waals surface area contributed by atoms with E-state index in [4.69, 9.17) is 4.52 Å². The summed E-state index contributed by atoms with van der Waals surface area (Å²) < 4.78 is 5.35. The Morgan fingerprint density at radius 1 is 1.22 bits per heavy atom. The monoisotopic (exact) mass is 243 g/mol. The van der Waals surface area contributed by atoms with Crippen molar-refractivity contribution in [3.63, 3.8) is 0 Å². The van der Waals surface area contributed by atoms with Gasteiger partial charge in [0.2, 0.25) is 0 Å². The van der Waals surface area contributed by atoms with E-state index in [2.05, 4.69) is 28.0 Å². The quantitative estimate of drug-likeness (QED) is 0.831. The smallest absolute Gasteiger partial charge is 0.258 e. The van der Waals surface area contributed by atoms with Gasteiger partial charge >= 0.3 is 0 Å². The molecule has 0 amide bonds. The summed E-state index contributed by atoms with van der Waals surface area (Å²) in [5.74, 6) is 1.41. The van der Waals surface area contributed by atoms with Gasteiger partial charge in [-0.3, -0.25) is 4.90 Å². The third-order valence-corrected chi connectivity index (χ3v) is 3.41. The average molecular weight is 243 g/mol.